The molecule has 2 unspecified atom stereocenters. The average Bonchev–Trinajstić information content (AvgIpc) is 2.90. The van der Waals surface area contributed by atoms with Gasteiger partial charge in [0.2, 0.25) is 0 Å². The molecule has 1 N–H and O–H groups in total. The normalized spacial score (nSPS) is 27.3. The standard InChI is InChI=1S/C15H21NO2S/c1-3-13-15(16-4-2)12-8-10-6-5-7-11(10)9-14(12)19(13,17)18/h8-9,13,15-16H,3-7H2,1-2H3. The molecule has 1 aromatic carbocycles. The Hall–Kier alpha value is -0.870. The molecule has 0 saturated carbocycles. The minimum Gasteiger partial charge on any atom is -0.309 e. The van der Waals surface area contributed by atoms with Crippen LogP contribution < -0.4 is 5.32 Å². The van der Waals surface area contributed by atoms with E-state index in [0.717, 1.165) is 31.4 Å². The van der Waals surface area contributed by atoms with Crippen molar-refractivity contribution in [2.75, 3.05) is 6.54 Å². The van der Waals surface area contributed by atoms with Gasteiger partial charge in [-0.15, -0.1) is 0 Å². The Morgan fingerprint density at radius 2 is 1.89 bits per heavy atom. The summed E-state index contributed by atoms with van der Waals surface area (Å²) in [4.78, 5) is 0.589. The maximum Gasteiger partial charge on any atom is 0.183 e. The van der Waals surface area contributed by atoms with Crippen molar-refractivity contribution in [3.05, 3.63) is 28.8 Å². The molecule has 1 heterocycles. The lowest BCUT2D eigenvalue weighted by atomic mass is 9.98. The first-order chi connectivity index (χ1) is 9.09. The first kappa shape index (κ1) is 13.1. The molecule has 0 spiro atoms. The zero-order valence-corrected chi connectivity index (χ0v) is 12.4. The summed E-state index contributed by atoms with van der Waals surface area (Å²) in [6.07, 6.45) is 3.94. The maximum absolute atomic E-state index is 12.7. The topological polar surface area (TPSA) is 46.2 Å². The summed E-state index contributed by atoms with van der Waals surface area (Å²) >= 11 is 0. The average molecular weight is 279 g/mol. The summed E-state index contributed by atoms with van der Waals surface area (Å²) in [5.41, 5.74) is 3.61. The molecule has 0 saturated heterocycles. The van der Waals surface area contributed by atoms with Crippen LogP contribution in [0.5, 0.6) is 0 Å². The zero-order valence-electron chi connectivity index (χ0n) is 11.6. The molecule has 3 rings (SSSR count). The van der Waals surface area contributed by atoms with Crippen molar-refractivity contribution in [2.24, 2.45) is 0 Å². The second kappa shape index (κ2) is 4.60. The molecule has 3 nitrogen and oxygen atoms in total. The van der Waals surface area contributed by atoms with Crippen molar-refractivity contribution in [1.29, 1.82) is 0 Å². The summed E-state index contributed by atoms with van der Waals surface area (Å²) in [6, 6.07) is 4.08. The third kappa shape index (κ3) is 1.84. The zero-order chi connectivity index (χ0) is 13.6. The van der Waals surface area contributed by atoms with E-state index in [-0.39, 0.29) is 11.3 Å². The Morgan fingerprint density at radius 3 is 2.53 bits per heavy atom. The molecule has 1 aliphatic carbocycles. The van der Waals surface area contributed by atoms with E-state index in [0.29, 0.717) is 11.3 Å². The van der Waals surface area contributed by atoms with Crippen molar-refractivity contribution in [3.8, 4) is 0 Å². The van der Waals surface area contributed by atoms with Crippen LogP contribution in [0.3, 0.4) is 0 Å². The SMILES string of the molecule is CCNC1c2cc3c(cc2S(=O)(=O)C1CC)CCC3. The van der Waals surface area contributed by atoms with E-state index in [1.165, 1.54) is 11.1 Å². The van der Waals surface area contributed by atoms with Crippen LogP contribution >= 0.6 is 0 Å². The van der Waals surface area contributed by atoms with Crippen molar-refractivity contribution in [1.82, 2.24) is 5.32 Å². The second-order valence-electron chi connectivity index (χ2n) is 5.54. The van der Waals surface area contributed by atoms with Gasteiger partial charge < -0.3 is 5.32 Å². The van der Waals surface area contributed by atoms with Crippen LogP contribution in [0.25, 0.3) is 0 Å². The molecule has 0 bridgehead atoms. The highest BCUT2D eigenvalue weighted by Crippen LogP contribution is 2.43. The van der Waals surface area contributed by atoms with E-state index < -0.39 is 9.84 Å². The van der Waals surface area contributed by atoms with Crippen molar-refractivity contribution in [3.63, 3.8) is 0 Å². The van der Waals surface area contributed by atoms with Gasteiger partial charge in [-0.1, -0.05) is 19.9 Å². The molecule has 2 atom stereocenters. The molecule has 1 aliphatic heterocycles. The van der Waals surface area contributed by atoms with Gasteiger partial charge in [-0.2, -0.15) is 0 Å². The van der Waals surface area contributed by atoms with Gasteiger partial charge in [-0.05, 0) is 55.0 Å². The van der Waals surface area contributed by atoms with Gasteiger partial charge in [0.25, 0.3) is 0 Å². The largest absolute Gasteiger partial charge is 0.309 e. The molecule has 0 radical (unpaired) electrons. The number of fused-ring (bicyclic) bond motifs is 2. The van der Waals surface area contributed by atoms with E-state index in [9.17, 15) is 8.42 Å². The molecule has 0 fully saturated rings. The van der Waals surface area contributed by atoms with Gasteiger partial charge in [0.05, 0.1) is 16.2 Å². The lowest BCUT2D eigenvalue weighted by Gasteiger charge is -2.18. The molecule has 0 aromatic heterocycles. The van der Waals surface area contributed by atoms with E-state index in [1.807, 2.05) is 19.9 Å². The van der Waals surface area contributed by atoms with Crippen LogP contribution in [0.2, 0.25) is 0 Å². The summed E-state index contributed by atoms with van der Waals surface area (Å²) in [6.45, 7) is 4.80. The Morgan fingerprint density at radius 1 is 1.21 bits per heavy atom. The minimum absolute atomic E-state index is 0.0269. The van der Waals surface area contributed by atoms with Crippen LogP contribution in [0, 0.1) is 0 Å². The maximum atomic E-state index is 12.7. The van der Waals surface area contributed by atoms with Crippen LogP contribution in [0.4, 0.5) is 0 Å². The second-order valence-corrected chi connectivity index (χ2v) is 7.67. The summed E-state index contributed by atoms with van der Waals surface area (Å²) in [5.74, 6) is 0. The van der Waals surface area contributed by atoms with Gasteiger partial charge in [0.15, 0.2) is 9.84 Å². The Balaban J connectivity index is 2.18. The lowest BCUT2D eigenvalue weighted by Crippen LogP contribution is -2.31. The third-order valence-electron chi connectivity index (χ3n) is 4.46. The predicted molar refractivity (Wildman–Crippen MR) is 76.1 cm³/mol. The first-order valence-corrected chi connectivity index (χ1v) is 8.77. The predicted octanol–water partition coefficient (Wildman–Crippen LogP) is 2.39. The fourth-order valence-electron chi connectivity index (χ4n) is 3.57. The number of hydrogen-bond donors (Lipinski definition) is 1. The van der Waals surface area contributed by atoms with Crippen LogP contribution in [-0.4, -0.2) is 20.2 Å². The van der Waals surface area contributed by atoms with Crippen LogP contribution in [0.1, 0.15) is 49.4 Å². The van der Waals surface area contributed by atoms with E-state index in [4.69, 9.17) is 0 Å². The van der Waals surface area contributed by atoms with Gasteiger partial charge in [-0.25, -0.2) is 8.42 Å². The highest BCUT2D eigenvalue weighted by atomic mass is 32.2. The van der Waals surface area contributed by atoms with E-state index in [2.05, 4.69) is 11.4 Å². The molecule has 2 aliphatic rings. The Labute approximate surface area is 115 Å². The summed E-state index contributed by atoms with van der Waals surface area (Å²) in [7, 11) is -3.15. The Kier molecular flexibility index (Phi) is 3.18. The lowest BCUT2D eigenvalue weighted by molar-refractivity contribution is 0.505. The first-order valence-electron chi connectivity index (χ1n) is 7.22. The molecular formula is C15H21NO2S. The number of sulfone groups is 1. The van der Waals surface area contributed by atoms with E-state index >= 15 is 0 Å². The molecular weight excluding hydrogens is 258 g/mol. The summed E-state index contributed by atoms with van der Waals surface area (Å²) in [5, 5.41) is 3.07. The number of benzene rings is 1. The van der Waals surface area contributed by atoms with Crippen molar-refractivity contribution < 1.29 is 8.42 Å². The van der Waals surface area contributed by atoms with Crippen LogP contribution in [0.15, 0.2) is 17.0 Å². The quantitative estimate of drug-likeness (QED) is 0.924. The fraction of sp³-hybridized carbons (Fsp3) is 0.600. The molecule has 4 heteroatoms. The number of nitrogens with one attached hydrogen (secondary N) is 1. The van der Waals surface area contributed by atoms with Crippen molar-refractivity contribution >= 4 is 9.84 Å². The molecule has 0 amide bonds. The molecule has 1 aromatic rings. The number of aryl methyl sites for hydroxylation is 2. The Bertz CT molecular complexity index is 607. The van der Waals surface area contributed by atoms with Crippen molar-refractivity contribution in [2.45, 2.75) is 55.7 Å². The molecule has 19 heavy (non-hydrogen) atoms. The summed E-state index contributed by atoms with van der Waals surface area (Å²) < 4.78 is 25.3. The molecule has 104 valence electrons. The fourth-order valence-corrected chi connectivity index (χ4v) is 5.76. The minimum atomic E-state index is -3.15. The van der Waals surface area contributed by atoms with Gasteiger partial charge in [0, 0.05) is 0 Å². The monoisotopic (exact) mass is 279 g/mol. The van der Waals surface area contributed by atoms with Gasteiger partial charge in [0.1, 0.15) is 0 Å². The number of rotatable bonds is 3. The number of hydrogen-bond acceptors (Lipinski definition) is 3. The highest BCUT2D eigenvalue weighted by Gasteiger charge is 2.44. The van der Waals surface area contributed by atoms with Crippen LogP contribution in [-0.2, 0) is 22.7 Å². The smallest absolute Gasteiger partial charge is 0.183 e. The van der Waals surface area contributed by atoms with Gasteiger partial charge >= 0.3 is 0 Å². The van der Waals surface area contributed by atoms with Gasteiger partial charge in [-0.3, -0.25) is 0 Å². The highest BCUT2D eigenvalue weighted by molar-refractivity contribution is 7.92. The van der Waals surface area contributed by atoms with E-state index in [1.54, 1.807) is 0 Å². The third-order valence-corrected chi connectivity index (χ3v) is 6.83.